The first-order chi connectivity index (χ1) is 15.3. The zero-order valence-corrected chi connectivity index (χ0v) is 19.4. The normalized spacial score (nSPS) is 13.7. The van der Waals surface area contributed by atoms with Crippen LogP contribution in [0.4, 0.5) is 0 Å². The smallest absolute Gasteiger partial charge is 0.328 e. The molecule has 0 fully saturated rings. The Morgan fingerprint density at radius 3 is 2.34 bits per heavy atom. The lowest BCUT2D eigenvalue weighted by Crippen LogP contribution is -2.43. The van der Waals surface area contributed by atoms with Gasteiger partial charge >= 0.3 is 5.97 Å². The number of rotatable bonds is 9. The Balaban J connectivity index is 1.59. The highest BCUT2D eigenvalue weighted by Gasteiger charge is 2.35. The zero-order chi connectivity index (χ0) is 23.3. The molecule has 1 aliphatic rings. The predicted octanol–water partition coefficient (Wildman–Crippen LogP) is 3.68. The molecule has 1 heterocycles. The maximum atomic E-state index is 12.6. The number of halogens is 2. The van der Waals surface area contributed by atoms with Gasteiger partial charge in [0.2, 0.25) is 0 Å². The minimum Gasteiger partial charge on any atom is -0.462 e. The van der Waals surface area contributed by atoms with E-state index in [0.717, 1.165) is 4.90 Å². The number of ether oxygens (including phenoxy) is 1. The third-order valence-electron chi connectivity index (χ3n) is 4.81. The molecule has 7 nitrogen and oxygen atoms in total. The molecule has 1 N–H and O–H groups in total. The van der Waals surface area contributed by atoms with Crippen LogP contribution in [-0.2, 0) is 9.53 Å². The van der Waals surface area contributed by atoms with Gasteiger partial charge in [-0.15, -0.1) is 0 Å². The Kier molecular flexibility index (Phi) is 8.17. The van der Waals surface area contributed by atoms with Crippen molar-refractivity contribution < 1.29 is 23.9 Å². The van der Waals surface area contributed by atoms with E-state index in [-0.39, 0.29) is 23.7 Å². The number of thioether (sulfide) groups is 1. The van der Waals surface area contributed by atoms with Gasteiger partial charge in [-0.05, 0) is 48.8 Å². The molecule has 3 amide bonds. The maximum absolute atomic E-state index is 12.6. The molecule has 1 aliphatic heterocycles. The second kappa shape index (κ2) is 10.8. The lowest BCUT2D eigenvalue weighted by atomic mass is 10.1. The number of amides is 3. The van der Waals surface area contributed by atoms with Gasteiger partial charge in [0.1, 0.15) is 12.6 Å². The number of nitrogens with zero attached hydrogens (tertiary/aromatic N) is 1. The van der Waals surface area contributed by atoms with Gasteiger partial charge in [0.25, 0.3) is 17.7 Å². The predicted molar refractivity (Wildman–Crippen MR) is 123 cm³/mol. The molecule has 2 aromatic carbocycles. The second-order valence-corrected chi connectivity index (χ2v) is 8.74. The highest BCUT2D eigenvalue weighted by molar-refractivity contribution is 7.98. The van der Waals surface area contributed by atoms with Crippen molar-refractivity contribution in [3.05, 3.63) is 69.2 Å². The van der Waals surface area contributed by atoms with Crippen LogP contribution in [0.3, 0.4) is 0 Å². The summed E-state index contributed by atoms with van der Waals surface area (Å²) in [4.78, 5) is 51.1. The fourth-order valence-corrected chi connectivity index (χ4v) is 4.14. The summed E-state index contributed by atoms with van der Waals surface area (Å²) in [6.45, 7) is -0.262. The van der Waals surface area contributed by atoms with E-state index in [1.807, 2.05) is 6.26 Å². The van der Waals surface area contributed by atoms with Gasteiger partial charge in [0, 0.05) is 5.02 Å². The lowest BCUT2D eigenvalue weighted by Gasteiger charge is -2.19. The van der Waals surface area contributed by atoms with E-state index in [2.05, 4.69) is 5.32 Å². The van der Waals surface area contributed by atoms with Crippen LogP contribution in [0.15, 0.2) is 42.5 Å². The van der Waals surface area contributed by atoms with E-state index >= 15 is 0 Å². The highest BCUT2D eigenvalue weighted by atomic mass is 35.5. The number of fused-ring (bicyclic) bond motifs is 1. The van der Waals surface area contributed by atoms with Gasteiger partial charge in [-0.2, -0.15) is 11.8 Å². The molecule has 0 saturated carbocycles. The number of benzene rings is 2. The van der Waals surface area contributed by atoms with E-state index in [1.165, 1.54) is 30.0 Å². The van der Waals surface area contributed by atoms with E-state index in [9.17, 15) is 19.2 Å². The average molecular weight is 495 g/mol. The molecule has 3 rings (SSSR count). The van der Waals surface area contributed by atoms with Crippen LogP contribution in [0.1, 0.15) is 37.5 Å². The number of nitrogens with one attached hydrogen (secondary N) is 1. The maximum Gasteiger partial charge on any atom is 0.328 e. The van der Waals surface area contributed by atoms with Crippen molar-refractivity contribution in [3.8, 4) is 0 Å². The third-order valence-corrected chi connectivity index (χ3v) is 6.01. The molecule has 0 saturated heterocycles. The van der Waals surface area contributed by atoms with Crippen molar-refractivity contribution in [2.45, 2.75) is 12.5 Å². The number of carbonyl (C=O) groups is 4. The molecule has 0 aliphatic carbocycles. The van der Waals surface area contributed by atoms with Crippen molar-refractivity contribution in [3.63, 3.8) is 0 Å². The highest BCUT2D eigenvalue weighted by Crippen LogP contribution is 2.23. The van der Waals surface area contributed by atoms with E-state index in [4.69, 9.17) is 27.9 Å². The van der Waals surface area contributed by atoms with Crippen molar-refractivity contribution in [1.29, 1.82) is 0 Å². The number of carbonyl (C=O) groups excluding carboxylic acids is 4. The van der Waals surface area contributed by atoms with Crippen molar-refractivity contribution in [2.24, 2.45) is 0 Å². The van der Waals surface area contributed by atoms with Crippen LogP contribution in [-0.4, -0.2) is 59.8 Å². The molecule has 0 unspecified atom stereocenters. The summed E-state index contributed by atoms with van der Waals surface area (Å²) in [5, 5.41) is 3.19. The topological polar surface area (TPSA) is 92.8 Å². The molecular formula is C22H20Cl2N2O5S. The van der Waals surface area contributed by atoms with Gasteiger partial charge in [-0.1, -0.05) is 35.3 Å². The standard InChI is InChI=1S/C22H20Cl2N2O5S/c1-32-11-8-18(25-19(27)16-7-6-13(23)12-17(16)24)22(30)31-10-9-26-20(28)14-4-2-3-5-15(14)21(26)29/h2-7,12,18H,8-11H2,1H3,(H,25,27)/t18-/m1/s1. The van der Waals surface area contributed by atoms with Crippen molar-refractivity contribution in [2.75, 3.05) is 25.2 Å². The SMILES string of the molecule is CSCC[C@@H](NC(=O)c1ccc(Cl)cc1Cl)C(=O)OCCN1C(=O)c2ccccc2C1=O. The number of imide groups is 1. The Labute approximate surface area is 199 Å². The van der Waals surface area contributed by atoms with Gasteiger partial charge in [-0.3, -0.25) is 19.3 Å². The van der Waals surface area contributed by atoms with E-state index < -0.39 is 29.7 Å². The number of hydrogen-bond acceptors (Lipinski definition) is 6. The third kappa shape index (κ3) is 5.43. The van der Waals surface area contributed by atoms with Crippen LogP contribution in [0.5, 0.6) is 0 Å². The Morgan fingerprint density at radius 2 is 1.75 bits per heavy atom. The van der Waals surface area contributed by atoms with E-state index in [0.29, 0.717) is 28.3 Å². The van der Waals surface area contributed by atoms with Crippen molar-refractivity contribution in [1.82, 2.24) is 10.2 Å². The second-order valence-electron chi connectivity index (χ2n) is 6.91. The molecule has 0 radical (unpaired) electrons. The molecular weight excluding hydrogens is 475 g/mol. The summed E-state index contributed by atoms with van der Waals surface area (Å²) in [6, 6.07) is 10.0. The van der Waals surface area contributed by atoms with Crippen LogP contribution < -0.4 is 5.32 Å². The molecule has 1 atom stereocenters. The number of hydrogen-bond donors (Lipinski definition) is 1. The van der Waals surface area contributed by atoms with Gasteiger partial charge in [0.15, 0.2) is 0 Å². The first-order valence-electron chi connectivity index (χ1n) is 9.70. The quantitative estimate of drug-likeness (QED) is 0.422. The molecule has 0 aromatic heterocycles. The molecule has 0 spiro atoms. The minimum atomic E-state index is -0.913. The summed E-state index contributed by atoms with van der Waals surface area (Å²) in [5.41, 5.74) is 0.839. The Bertz CT molecular complexity index is 1030. The summed E-state index contributed by atoms with van der Waals surface area (Å²) in [5.74, 6) is -1.44. The molecule has 32 heavy (non-hydrogen) atoms. The fraction of sp³-hybridized carbons (Fsp3) is 0.273. The van der Waals surface area contributed by atoms with Gasteiger partial charge in [0.05, 0.1) is 28.3 Å². The van der Waals surface area contributed by atoms with Crippen LogP contribution in [0.25, 0.3) is 0 Å². The zero-order valence-electron chi connectivity index (χ0n) is 17.1. The van der Waals surface area contributed by atoms with Crippen molar-refractivity contribution >= 4 is 58.7 Å². The van der Waals surface area contributed by atoms with Gasteiger partial charge in [-0.25, -0.2) is 4.79 Å². The monoisotopic (exact) mass is 494 g/mol. The van der Waals surface area contributed by atoms with E-state index in [1.54, 1.807) is 24.3 Å². The number of esters is 1. The van der Waals surface area contributed by atoms with Crippen LogP contribution in [0, 0.1) is 0 Å². The first kappa shape index (κ1) is 24.1. The molecule has 168 valence electrons. The Hall–Kier alpha value is -2.55. The molecule has 10 heteroatoms. The average Bonchev–Trinajstić information content (AvgIpc) is 3.01. The van der Waals surface area contributed by atoms with Gasteiger partial charge < -0.3 is 10.1 Å². The van der Waals surface area contributed by atoms with Crippen LogP contribution in [0.2, 0.25) is 10.0 Å². The first-order valence-corrected chi connectivity index (χ1v) is 11.8. The largest absolute Gasteiger partial charge is 0.462 e. The van der Waals surface area contributed by atoms with Crippen LogP contribution >= 0.6 is 35.0 Å². The Morgan fingerprint density at radius 1 is 1.09 bits per heavy atom. The molecule has 0 bridgehead atoms. The summed E-state index contributed by atoms with van der Waals surface area (Å²) in [6.07, 6.45) is 2.21. The fourth-order valence-electron chi connectivity index (χ4n) is 3.17. The minimum absolute atomic E-state index is 0.0791. The summed E-state index contributed by atoms with van der Waals surface area (Å²) in [7, 11) is 0. The summed E-state index contributed by atoms with van der Waals surface area (Å²) < 4.78 is 5.28. The summed E-state index contributed by atoms with van der Waals surface area (Å²) >= 11 is 13.5. The molecule has 2 aromatic rings. The lowest BCUT2D eigenvalue weighted by molar-refractivity contribution is -0.146.